The molecule has 1 aliphatic rings. The van der Waals surface area contributed by atoms with Crippen LogP contribution in [0.25, 0.3) is 21.8 Å². The molecule has 0 amide bonds. The first-order valence-corrected chi connectivity index (χ1v) is 20.2. The summed E-state index contributed by atoms with van der Waals surface area (Å²) in [7, 11) is -5.99. The van der Waals surface area contributed by atoms with Crippen LogP contribution in [0.5, 0.6) is 5.75 Å². The maximum absolute atomic E-state index is 14.3. The van der Waals surface area contributed by atoms with Gasteiger partial charge in [-0.15, -0.1) is 11.3 Å². The number of anilines is 4. The lowest BCUT2D eigenvalue weighted by Crippen LogP contribution is -2.47. The van der Waals surface area contributed by atoms with Gasteiger partial charge in [-0.05, 0) is 48.9 Å². The first-order valence-electron chi connectivity index (χ1n) is 15.8. The van der Waals surface area contributed by atoms with Gasteiger partial charge < -0.3 is 15.0 Å². The SMILES string of the molecule is COc1cc(N2CCN(CCS(C)(=O)=O)CC2)c(C)cc1Nc1nccc(-c2scnc2-c2cccc(NS(=O)(=O)c3c(F)cccc3F)c2)n1. The van der Waals surface area contributed by atoms with Crippen molar-refractivity contribution in [2.75, 3.05) is 66.8 Å². The number of hydrogen-bond acceptors (Lipinski definition) is 12. The second-order valence-electron chi connectivity index (χ2n) is 12.0. The van der Waals surface area contributed by atoms with Crippen molar-refractivity contribution in [1.29, 1.82) is 0 Å². The number of sulfonamides is 1. The molecule has 0 unspecified atom stereocenters. The quantitative estimate of drug-likeness (QED) is 0.165. The zero-order valence-corrected chi connectivity index (χ0v) is 30.4. The molecule has 2 aromatic heterocycles. The number of thiazole rings is 1. The normalized spacial score (nSPS) is 14.0. The van der Waals surface area contributed by atoms with Crippen molar-refractivity contribution in [3.63, 3.8) is 0 Å². The topological polar surface area (TPSA) is 147 Å². The van der Waals surface area contributed by atoms with Crippen molar-refractivity contribution < 1.29 is 30.4 Å². The molecule has 268 valence electrons. The summed E-state index contributed by atoms with van der Waals surface area (Å²) in [6.07, 6.45) is 2.87. The number of halogens is 2. The molecular weight excluding hydrogens is 721 g/mol. The van der Waals surface area contributed by atoms with Crippen LogP contribution in [0.1, 0.15) is 5.56 Å². The van der Waals surface area contributed by atoms with E-state index in [1.165, 1.54) is 29.7 Å². The van der Waals surface area contributed by atoms with Crippen LogP contribution in [0.3, 0.4) is 0 Å². The van der Waals surface area contributed by atoms with E-state index in [0.29, 0.717) is 45.8 Å². The molecule has 3 aromatic carbocycles. The minimum Gasteiger partial charge on any atom is -0.494 e. The maximum Gasteiger partial charge on any atom is 0.267 e. The van der Waals surface area contributed by atoms with Gasteiger partial charge in [-0.2, -0.15) is 0 Å². The lowest BCUT2D eigenvalue weighted by atomic mass is 10.1. The second kappa shape index (κ2) is 14.9. The molecule has 0 radical (unpaired) electrons. The van der Waals surface area contributed by atoms with Crippen LogP contribution in [0.15, 0.2) is 77.3 Å². The van der Waals surface area contributed by atoms with Crippen LogP contribution in [0.2, 0.25) is 0 Å². The first kappa shape index (κ1) is 36.1. The lowest BCUT2D eigenvalue weighted by molar-refractivity contribution is 0.272. The molecule has 0 aliphatic carbocycles. The minimum absolute atomic E-state index is 0.0962. The average Bonchev–Trinajstić information content (AvgIpc) is 3.58. The van der Waals surface area contributed by atoms with Crippen molar-refractivity contribution >= 4 is 54.2 Å². The van der Waals surface area contributed by atoms with E-state index in [4.69, 9.17) is 9.72 Å². The number of nitrogens with one attached hydrogen (secondary N) is 2. The van der Waals surface area contributed by atoms with Crippen molar-refractivity contribution in [1.82, 2.24) is 19.9 Å². The van der Waals surface area contributed by atoms with Crippen molar-refractivity contribution in [3.8, 4) is 27.6 Å². The smallest absolute Gasteiger partial charge is 0.267 e. The van der Waals surface area contributed by atoms with Crippen LogP contribution in [-0.4, -0.2) is 88.5 Å². The van der Waals surface area contributed by atoms with E-state index in [-0.39, 0.29) is 11.4 Å². The summed E-state index contributed by atoms with van der Waals surface area (Å²) in [6.45, 7) is 5.55. The Hall–Kier alpha value is -4.71. The van der Waals surface area contributed by atoms with Gasteiger partial charge in [0.15, 0.2) is 4.90 Å². The Morgan fingerprint density at radius 1 is 0.941 bits per heavy atom. The molecule has 0 saturated carbocycles. The summed E-state index contributed by atoms with van der Waals surface area (Å²) < 4.78 is 85.5. The van der Waals surface area contributed by atoms with E-state index in [1.807, 2.05) is 19.1 Å². The molecule has 5 aromatic rings. The largest absolute Gasteiger partial charge is 0.494 e. The Balaban J connectivity index is 1.19. The Labute approximate surface area is 299 Å². The van der Waals surface area contributed by atoms with E-state index < -0.39 is 36.4 Å². The predicted molar refractivity (Wildman–Crippen MR) is 195 cm³/mol. The van der Waals surface area contributed by atoms with Gasteiger partial charge in [0.05, 0.1) is 40.3 Å². The number of methoxy groups -OCH3 is 1. The Bertz CT molecular complexity index is 2260. The zero-order valence-electron chi connectivity index (χ0n) is 27.9. The number of aryl methyl sites for hydroxylation is 1. The summed E-state index contributed by atoms with van der Waals surface area (Å²) in [5.74, 6) is -1.35. The summed E-state index contributed by atoms with van der Waals surface area (Å²) in [4.78, 5) is 17.7. The van der Waals surface area contributed by atoms with Gasteiger partial charge >= 0.3 is 0 Å². The van der Waals surface area contributed by atoms with Gasteiger partial charge in [-0.25, -0.2) is 40.6 Å². The number of rotatable bonds is 12. The van der Waals surface area contributed by atoms with Crippen LogP contribution < -0.4 is 19.7 Å². The number of hydrogen-bond donors (Lipinski definition) is 2. The van der Waals surface area contributed by atoms with Crippen LogP contribution in [0.4, 0.5) is 31.8 Å². The third-order valence-electron chi connectivity index (χ3n) is 8.29. The summed E-state index contributed by atoms with van der Waals surface area (Å²) in [5, 5.41) is 3.27. The number of ether oxygens (including phenoxy) is 1. The molecule has 0 bridgehead atoms. The molecule has 1 aliphatic heterocycles. The van der Waals surface area contributed by atoms with Crippen molar-refractivity contribution in [3.05, 3.63) is 89.6 Å². The summed E-state index contributed by atoms with van der Waals surface area (Å²) in [6, 6.07) is 14.9. The average molecular weight is 756 g/mol. The summed E-state index contributed by atoms with van der Waals surface area (Å²) in [5.41, 5.74) is 6.07. The molecule has 2 N–H and O–H groups in total. The number of benzene rings is 3. The lowest BCUT2D eigenvalue weighted by Gasteiger charge is -2.37. The van der Waals surface area contributed by atoms with E-state index in [0.717, 1.165) is 55.6 Å². The molecule has 1 saturated heterocycles. The molecule has 1 fully saturated rings. The zero-order chi connectivity index (χ0) is 36.3. The second-order valence-corrected chi connectivity index (χ2v) is 16.7. The van der Waals surface area contributed by atoms with Crippen molar-refractivity contribution in [2.24, 2.45) is 0 Å². The Morgan fingerprint density at radius 3 is 2.37 bits per heavy atom. The predicted octanol–water partition coefficient (Wildman–Crippen LogP) is 5.57. The highest BCUT2D eigenvalue weighted by Gasteiger charge is 2.25. The fourth-order valence-electron chi connectivity index (χ4n) is 5.77. The van der Waals surface area contributed by atoms with Gasteiger partial charge in [-0.1, -0.05) is 18.2 Å². The minimum atomic E-state index is -4.56. The molecule has 51 heavy (non-hydrogen) atoms. The highest BCUT2D eigenvalue weighted by molar-refractivity contribution is 7.92. The number of piperazine rings is 1. The molecule has 3 heterocycles. The standard InChI is InChI=1S/C34H35F2N7O5S3/c1-22-18-28(30(48-2)20-29(22)43-14-12-42(13-15-43)16-17-50(3,44)45)40-34-37-11-10-27(39-34)32-31(38-21-49-32)23-6-4-7-24(19-23)41-51(46,47)33-25(35)8-5-9-26(33)36/h4-11,18-21,41H,12-17H2,1-3H3,(H,37,39,40). The van der Waals surface area contributed by atoms with Gasteiger partial charge in [-0.3, -0.25) is 9.62 Å². The Morgan fingerprint density at radius 2 is 1.67 bits per heavy atom. The van der Waals surface area contributed by atoms with Gasteiger partial charge in [0.2, 0.25) is 5.95 Å². The fraction of sp³-hybridized carbons (Fsp3) is 0.265. The third-order valence-corrected chi connectivity index (χ3v) is 11.5. The molecule has 0 spiro atoms. The van der Waals surface area contributed by atoms with E-state index in [2.05, 4.69) is 29.8 Å². The van der Waals surface area contributed by atoms with Crippen LogP contribution in [-0.2, 0) is 19.9 Å². The van der Waals surface area contributed by atoms with E-state index in [1.54, 1.807) is 37.0 Å². The third kappa shape index (κ3) is 8.44. The van der Waals surface area contributed by atoms with Crippen molar-refractivity contribution in [2.45, 2.75) is 11.8 Å². The highest BCUT2D eigenvalue weighted by Crippen LogP contribution is 2.37. The van der Waals surface area contributed by atoms with Gasteiger partial charge in [0.25, 0.3) is 10.0 Å². The number of nitrogens with zero attached hydrogens (tertiary/aromatic N) is 5. The highest BCUT2D eigenvalue weighted by atomic mass is 32.2. The monoisotopic (exact) mass is 755 g/mol. The number of sulfone groups is 1. The van der Waals surface area contributed by atoms with Gasteiger partial charge in [0.1, 0.15) is 27.2 Å². The van der Waals surface area contributed by atoms with E-state index in [9.17, 15) is 25.6 Å². The van der Waals surface area contributed by atoms with Crippen LogP contribution in [0, 0.1) is 18.6 Å². The molecule has 6 rings (SSSR count). The molecular formula is C34H35F2N7O5S3. The maximum atomic E-state index is 14.3. The molecule has 17 heteroatoms. The molecule has 12 nitrogen and oxygen atoms in total. The fourth-order valence-corrected chi connectivity index (χ4v) is 8.33. The summed E-state index contributed by atoms with van der Waals surface area (Å²) >= 11 is 1.33. The van der Waals surface area contributed by atoms with Gasteiger partial charge in [0, 0.05) is 68.2 Å². The Kier molecular flexibility index (Phi) is 10.5. The first-order chi connectivity index (χ1) is 24.3. The molecule has 0 atom stereocenters. The number of aromatic nitrogens is 3. The van der Waals surface area contributed by atoms with Crippen LogP contribution >= 0.6 is 11.3 Å². The van der Waals surface area contributed by atoms with E-state index >= 15 is 0 Å².